The van der Waals surface area contributed by atoms with Crippen LogP contribution in [0.3, 0.4) is 0 Å². The van der Waals surface area contributed by atoms with Gasteiger partial charge in [0.05, 0.1) is 0 Å². The highest BCUT2D eigenvalue weighted by Gasteiger charge is 2.19. The maximum Gasteiger partial charge on any atom is 0.224 e. The summed E-state index contributed by atoms with van der Waals surface area (Å²) in [6.45, 7) is 4.28. The van der Waals surface area contributed by atoms with Crippen molar-refractivity contribution in [3.8, 4) is 0 Å². The van der Waals surface area contributed by atoms with E-state index in [1.54, 1.807) is 0 Å². The van der Waals surface area contributed by atoms with E-state index < -0.39 is 0 Å². The Labute approximate surface area is 145 Å². The van der Waals surface area contributed by atoms with E-state index in [1.807, 2.05) is 17.0 Å². The summed E-state index contributed by atoms with van der Waals surface area (Å²) in [5, 5.41) is 3.33. The smallest absolute Gasteiger partial charge is 0.224 e. The van der Waals surface area contributed by atoms with Gasteiger partial charge in [-0.2, -0.15) is 0 Å². The van der Waals surface area contributed by atoms with E-state index >= 15 is 0 Å². The molecule has 0 fully saturated rings. The molecule has 1 aliphatic heterocycles. The molecule has 0 atom stereocenters. The monoisotopic (exact) mass is 372 g/mol. The van der Waals surface area contributed by atoms with Crippen molar-refractivity contribution in [2.24, 2.45) is 0 Å². The first kappa shape index (κ1) is 16.1. The Morgan fingerprint density at radius 1 is 1.22 bits per heavy atom. The van der Waals surface area contributed by atoms with E-state index in [-0.39, 0.29) is 5.91 Å². The summed E-state index contributed by atoms with van der Waals surface area (Å²) in [5.41, 5.74) is 4.90. The number of hydrogen-bond donors (Lipinski definition) is 1. The highest BCUT2D eigenvalue weighted by Crippen LogP contribution is 2.23. The molecule has 0 saturated carbocycles. The molecule has 1 amide bonds. The molecule has 2 aromatic rings. The zero-order valence-electron chi connectivity index (χ0n) is 13.3. The molecule has 0 spiro atoms. The SMILES string of the molecule is Cc1ccc(NCCC(=O)N2CCc3ccccc3C2)c(Br)c1. The lowest BCUT2D eigenvalue weighted by atomic mass is 10.00. The van der Waals surface area contributed by atoms with Gasteiger partial charge in [0.25, 0.3) is 0 Å². The van der Waals surface area contributed by atoms with Gasteiger partial charge >= 0.3 is 0 Å². The molecule has 0 aliphatic carbocycles. The minimum absolute atomic E-state index is 0.218. The molecule has 0 bridgehead atoms. The van der Waals surface area contributed by atoms with Crippen molar-refractivity contribution in [3.63, 3.8) is 0 Å². The van der Waals surface area contributed by atoms with Gasteiger partial charge in [0, 0.05) is 36.2 Å². The average Bonchev–Trinajstić information content (AvgIpc) is 2.56. The summed E-state index contributed by atoms with van der Waals surface area (Å²) in [6, 6.07) is 14.6. The summed E-state index contributed by atoms with van der Waals surface area (Å²) in [6.07, 6.45) is 1.47. The van der Waals surface area contributed by atoms with Gasteiger partial charge in [-0.15, -0.1) is 0 Å². The molecule has 0 radical (unpaired) electrons. The number of fused-ring (bicyclic) bond motifs is 1. The number of carbonyl (C=O) groups excluding carboxylic acids is 1. The van der Waals surface area contributed by atoms with Crippen LogP contribution in [0.1, 0.15) is 23.1 Å². The van der Waals surface area contributed by atoms with Crippen LogP contribution in [0.15, 0.2) is 46.9 Å². The van der Waals surface area contributed by atoms with Crippen molar-refractivity contribution in [1.29, 1.82) is 0 Å². The highest BCUT2D eigenvalue weighted by atomic mass is 79.9. The third kappa shape index (κ3) is 3.94. The first-order valence-electron chi connectivity index (χ1n) is 7.98. The third-order valence-electron chi connectivity index (χ3n) is 4.26. The van der Waals surface area contributed by atoms with Crippen molar-refractivity contribution in [2.75, 3.05) is 18.4 Å². The quantitative estimate of drug-likeness (QED) is 0.874. The maximum absolute atomic E-state index is 12.4. The Balaban J connectivity index is 1.52. The number of rotatable bonds is 4. The summed E-state index contributed by atoms with van der Waals surface area (Å²) >= 11 is 3.55. The molecular formula is C19H21BrN2O. The van der Waals surface area contributed by atoms with E-state index in [2.05, 4.69) is 58.5 Å². The number of nitrogens with one attached hydrogen (secondary N) is 1. The lowest BCUT2D eigenvalue weighted by molar-refractivity contribution is -0.131. The van der Waals surface area contributed by atoms with E-state index in [4.69, 9.17) is 0 Å². The number of nitrogens with zero attached hydrogens (tertiary/aromatic N) is 1. The van der Waals surface area contributed by atoms with Gasteiger partial charge in [0.15, 0.2) is 0 Å². The molecule has 3 rings (SSSR count). The first-order chi connectivity index (χ1) is 11.1. The lowest BCUT2D eigenvalue weighted by Crippen LogP contribution is -2.36. The second-order valence-electron chi connectivity index (χ2n) is 5.99. The van der Waals surface area contributed by atoms with Crippen LogP contribution in [0.5, 0.6) is 0 Å². The van der Waals surface area contributed by atoms with Gasteiger partial charge in [-0.25, -0.2) is 0 Å². The van der Waals surface area contributed by atoms with Crippen molar-refractivity contribution < 1.29 is 4.79 Å². The predicted octanol–water partition coefficient (Wildman–Crippen LogP) is 4.14. The number of aryl methyl sites for hydroxylation is 1. The fraction of sp³-hybridized carbons (Fsp3) is 0.316. The van der Waals surface area contributed by atoms with Crippen LogP contribution in [0.4, 0.5) is 5.69 Å². The topological polar surface area (TPSA) is 32.3 Å². The number of amides is 1. The maximum atomic E-state index is 12.4. The van der Waals surface area contributed by atoms with E-state index in [0.29, 0.717) is 13.0 Å². The van der Waals surface area contributed by atoms with E-state index in [0.717, 1.165) is 29.7 Å². The zero-order chi connectivity index (χ0) is 16.2. The average molecular weight is 373 g/mol. The Morgan fingerprint density at radius 3 is 2.78 bits per heavy atom. The van der Waals surface area contributed by atoms with E-state index in [1.165, 1.54) is 16.7 Å². The number of halogens is 1. The Morgan fingerprint density at radius 2 is 2.00 bits per heavy atom. The molecule has 120 valence electrons. The molecule has 0 unspecified atom stereocenters. The second-order valence-corrected chi connectivity index (χ2v) is 6.85. The molecular weight excluding hydrogens is 352 g/mol. The van der Waals surface area contributed by atoms with Crippen LogP contribution >= 0.6 is 15.9 Å². The molecule has 23 heavy (non-hydrogen) atoms. The molecule has 1 N–H and O–H groups in total. The number of hydrogen-bond acceptors (Lipinski definition) is 2. The Hall–Kier alpha value is -1.81. The summed E-state index contributed by atoms with van der Waals surface area (Å²) in [4.78, 5) is 14.4. The molecule has 0 saturated heterocycles. The van der Waals surface area contributed by atoms with Gasteiger partial charge in [-0.05, 0) is 58.1 Å². The molecule has 0 aromatic heterocycles. The number of carbonyl (C=O) groups is 1. The Bertz CT molecular complexity index is 714. The van der Waals surface area contributed by atoms with Crippen LogP contribution in [0, 0.1) is 6.92 Å². The number of anilines is 1. The van der Waals surface area contributed by atoms with Crippen LogP contribution in [0.2, 0.25) is 0 Å². The molecule has 3 nitrogen and oxygen atoms in total. The predicted molar refractivity (Wildman–Crippen MR) is 97.5 cm³/mol. The second kappa shape index (κ2) is 7.18. The zero-order valence-corrected chi connectivity index (χ0v) is 14.9. The van der Waals surface area contributed by atoms with Gasteiger partial charge in [0.1, 0.15) is 0 Å². The first-order valence-corrected chi connectivity index (χ1v) is 8.77. The summed E-state index contributed by atoms with van der Waals surface area (Å²) in [5.74, 6) is 0.218. The molecule has 1 heterocycles. The van der Waals surface area contributed by atoms with Crippen LogP contribution in [0.25, 0.3) is 0 Å². The lowest BCUT2D eigenvalue weighted by Gasteiger charge is -2.29. The molecule has 4 heteroatoms. The number of benzene rings is 2. The standard InChI is InChI=1S/C19H21BrN2O/c1-14-6-7-18(17(20)12-14)21-10-8-19(23)22-11-9-15-4-2-3-5-16(15)13-22/h2-7,12,21H,8-11,13H2,1H3. The third-order valence-corrected chi connectivity index (χ3v) is 4.92. The van der Waals surface area contributed by atoms with Crippen molar-refractivity contribution in [2.45, 2.75) is 26.3 Å². The fourth-order valence-electron chi connectivity index (χ4n) is 2.93. The van der Waals surface area contributed by atoms with Gasteiger partial charge in [-0.1, -0.05) is 30.3 Å². The van der Waals surface area contributed by atoms with Crippen molar-refractivity contribution in [3.05, 3.63) is 63.6 Å². The van der Waals surface area contributed by atoms with Crippen molar-refractivity contribution in [1.82, 2.24) is 4.90 Å². The van der Waals surface area contributed by atoms with Crippen LogP contribution in [-0.2, 0) is 17.8 Å². The molecule has 2 aromatic carbocycles. The van der Waals surface area contributed by atoms with Gasteiger partial charge in [0.2, 0.25) is 5.91 Å². The minimum atomic E-state index is 0.218. The Kier molecular flexibility index (Phi) is 5.01. The van der Waals surface area contributed by atoms with Crippen LogP contribution in [-0.4, -0.2) is 23.9 Å². The normalized spacial score (nSPS) is 13.6. The van der Waals surface area contributed by atoms with E-state index in [9.17, 15) is 4.79 Å². The largest absolute Gasteiger partial charge is 0.384 e. The summed E-state index contributed by atoms with van der Waals surface area (Å²) < 4.78 is 1.04. The fourth-order valence-corrected chi connectivity index (χ4v) is 3.57. The summed E-state index contributed by atoms with van der Waals surface area (Å²) in [7, 11) is 0. The van der Waals surface area contributed by atoms with Gasteiger partial charge < -0.3 is 10.2 Å². The van der Waals surface area contributed by atoms with Gasteiger partial charge in [-0.3, -0.25) is 4.79 Å². The minimum Gasteiger partial charge on any atom is -0.384 e. The van der Waals surface area contributed by atoms with Crippen LogP contribution < -0.4 is 5.32 Å². The highest BCUT2D eigenvalue weighted by molar-refractivity contribution is 9.10. The molecule has 1 aliphatic rings. The van der Waals surface area contributed by atoms with Crippen molar-refractivity contribution >= 4 is 27.5 Å².